The predicted octanol–water partition coefficient (Wildman–Crippen LogP) is 0.218. The summed E-state index contributed by atoms with van der Waals surface area (Å²) in [5.41, 5.74) is 5.78. The first-order valence-corrected chi connectivity index (χ1v) is 5.25. The van der Waals surface area contributed by atoms with Gasteiger partial charge < -0.3 is 10.5 Å². The molecule has 0 bridgehead atoms. The maximum atomic E-state index is 5.83. The van der Waals surface area contributed by atoms with Gasteiger partial charge in [0.2, 0.25) is 0 Å². The van der Waals surface area contributed by atoms with E-state index in [4.69, 9.17) is 10.5 Å². The van der Waals surface area contributed by atoms with Gasteiger partial charge in [-0.15, -0.1) is 5.10 Å². The summed E-state index contributed by atoms with van der Waals surface area (Å²) >= 11 is 0. The lowest BCUT2D eigenvalue weighted by Crippen LogP contribution is -2.39. The van der Waals surface area contributed by atoms with E-state index >= 15 is 0 Å². The molecule has 1 saturated heterocycles. The predicted molar refractivity (Wildman–Crippen MR) is 54.1 cm³/mol. The molecule has 15 heavy (non-hydrogen) atoms. The van der Waals surface area contributed by atoms with Crippen molar-refractivity contribution in [3.63, 3.8) is 0 Å². The van der Waals surface area contributed by atoms with Gasteiger partial charge in [-0.1, -0.05) is 0 Å². The van der Waals surface area contributed by atoms with Crippen LogP contribution in [-0.2, 0) is 10.3 Å². The van der Waals surface area contributed by atoms with Crippen LogP contribution in [-0.4, -0.2) is 33.4 Å². The molecule has 0 radical (unpaired) electrons. The van der Waals surface area contributed by atoms with Crippen molar-refractivity contribution < 1.29 is 4.74 Å². The van der Waals surface area contributed by atoms with Crippen molar-refractivity contribution in [2.45, 2.75) is 38.3 Å². The van der Waals surface area contributed by atoms with Crippen LogP contribution in [0.25, 0.3) is 0 Å². The molecule has 1 fully saturated rings. The van der Waals surface area contributed by atoms with E-state index < -0.39 is 0 Å². The number of rotatable bonds is 2. The van der Waals surface area contributed by atoms with Crippen LogP contribution in [0.2, 0.25) is 0 Å². The van der Waals surface area contributed by atoms with Crippen molar-refractivity contribution >= 4 is 0 Å². The first-order chi connectivity index (χ1) is 7.13. The minimum atomic E-state index is -0.139. The van der Waals surface area contributed by atoms with Gasteiger partial charge in [0.1, 0.15) is 0 Å². The standard InChI is InChI=1S/C9H17N5O/c1-7(10)8-11-12-13-14(8)9(2)3-5-15-6-4-9/h7H,3-6,10H2,1-2H3. The van der Waals surface area contributed by atoms with Gasteiger partial charge in [0.05, 0.1) is 11.6 Å². The SMILES string of the molecule is CC(N)c1nnnn1C1(C)CCOCC1. The Bertz CT molecular complexity index is 329. The molecule has 0 amide bonds. The van der Waals surface area contributed by atoms with E-state index in [-0.39, 0.29) is 11.6 Å². The van der Waals surface area contributed by atoms with E-state index in [1.807, 2.05) is 11.6 Å². The molecule has 1 unspecified atom stereocenters. The van der Waals surface area contributed by atoms with Crippen LogP contribution < -0.4 is 5.73 Å². The van der Waals surface area contributed by atoms with E-state index in [9.17, 15) is 0 Å². The molecule has 0 spiro atoms. The zero-order valence-corrected chi connectivity index (χ0v) is 9.18. The smallest absolute Gasteiger partial charge is 0.168 e. The zero-order chi connectivity index (χ0) is 10.9. The molecule has 2 heterocycles. The molecule has 84 valence electrons. The molecule has 0 aliphatic carbocycles. The Hall–Kier alpha value is -1.01. The average molecular weight is 211 g/mol. The maximum absolute atomic E-state index is 5.83. The number of hydrogen-bond donors (Lipinski definition) is 1. The zero-order valence-electron chi connectivity index (χ0n) is 9.18. The third kappa shape index (κ3) is 1.87. The molecule has 0 aromatic carbocycles. The van der Waals surface area contributed by atoms with Gasteiger partial charge in [0.15, 0.2) is 5.82 Å². The van der Waals surface area contributed by atoms with Gasteiger partial charge in [0.25, 0.3) is 0 Å². The molecule has 1 atom stereocenters. The van der Waals surface area contributed by atoms with Crippen molar-refractivity contribution in [3.05, 3.63) is 5.82 Å². The van der Waals surface area contributed by atoms with Crippen LogP contribution in [0.5, 0.6) is 0 Å². The highest BCUT2D eigenvalue weighted by molar-refractivity contribution is 4.95. The summed E-state index contributed by atoms with van der Waals surface area (Å²) in [6.07, 6.45) is 1.86. The van der Waals surface area contributed by atoms with Gasteiger partial charge in [-0.2, -0.15) is 0 Å². The summed E-state index contributed by atoms with van der Waals surface area (Å²) < 4.78 is 7.21. The topological polar surface area (TPSA) is 78.9 Å². The van der Waals surface area contributed by atoms with Crippen LogP contribution in [0.1, 0.15) is 38.6 Å². The number of hydrogen-bond acceptors (Lipinski definition) is 5. The molecule has 1 aromatic rings. The summed E-state index contributed by atoms with van der Waals surface area (Å²) in [7, 11) is 0. The maximum Gasteiger partial charge on any atom is 0.168 e. The highest BCUT2D eigenvalue weighted by Crippen LogP contribution is 2.29. The molecule has 6 nitrogen and oxygen atoms in total. The van der Waals surface area contributed by atoms with Crippen molar-refractivity contribution in [1.82, 2.24) is 20.2 Å². The third-order valence-electron chi connectivity index (χ3n) is 2.98. The number of ether oxygens (including phenoxy) is 1. The molecule has 1 aliphatic rings. The Labute approximate surface area is 88.8 Å². The lowest BCUT2D eigenvalue weighted by Gasteiger charge is -2.34. The lowest BCUT2D eigenvalue weighted by atomic mass is 9.92. The minimum Gasteiger partial charge on any atom is -0.381 e. The first kappa shape index (κ1) is 10.5. The quantitative estimate of drug-likeness (QED) is 0.757. The summed E-state index contributed by atoms with van der Waals surface area (Å²) in [5, 5.41) is 11.7. The molecule has 2 N–H and O–H groups in total. The monoisotopic (exact) mass is 211 g/mol. The molecule has 1 aromatic heterocycles. The van der Waals surface area contributed by atoms with Crippen LogP contribution in [0, 0.1) is 0 Å². The average Bonchev–Trinajstić information content (AvgIpc) is 2.67. The van der Waals surface area contributed by atoms with Gasteiger partial charge >= 0.3 is 0 Å². The number of nitrogens with two attached hydrogens (primary N) is 1. The summed E-state index contributed by atoms with van der Waals surface area (Å²) in [4.78, 5) is 0. The second-order valence-corrected chi connectivity index (χ2v) is 4.35. The normalized spacial score (nSPS) is 22.6. The summed E-state index contributed by atoms with van der Waals surface area (Å²) in [6.45, 7) is 5.56. The molecule has 0 saturated carbocycles. The molecule has 6 heteroatoms. The van der Waals surface area contributed by atoms with Crippen molar-refractivity contribution in [2.24, 2.45) is 5.73 Å². The Kier molecular flexibility index (Phi) is 2.70. The van der Waals surface area contributed by atoms with Crippen molar-refractivity contribution in [1.29, 1.82) is 0 Å². The molecule has 1 aliphatic heterocycles. The van der Waals surface area contributed by atoms with Gasteiger partial charge in [-0.05, 0) is 37.1 Å². The Balaban J connectivity index is 2.30. The number of aromatic nitrogens is 4. The van der Waals surface area contributed by atoms with E-state index in [0.29, 0.717) is 0 Å². The Morgan fingerprint density at radius 1 is 1.47 bits per heavy atom. The van der Waals surface area contributed by atoms with Crippen LogP contribution >= 0.6 is 0 Å². The number of tetrazole rings is 1. The van der Waals surface area contributed by atoms with E-state index in [1.54, 1.807) is 0 Å². The lowest BCUT2D eigenvalue weighted by molar-refractivity contribution is 0.0215. The van der Waals surface area contributed by atoms with Crippen LogP contribution in [0.15, 0.2) is 0 Å². The van der Waals surface area contributed by atoms with Crippen molar-refractivity contribution in [2.75, 3.05) is 13.2 Å². The summed E-state index contributed by atoms with van der Waals surface area (Å²) in [6, 6.07) is -0.139. The van der Waals surface area contributed by atoms with Crippen LogP contribution in [0.4, 0.5) is 0 Å². The van der Waals surface area contributed by atoms with Gasteiger partial charge in [-0.25, -0.2) is 4.68 Å². The Morgan fingerprint density at radius 2 is 2.13 bits per heavy atom. The second-order valence-electron chi connectivity index (χ2n) is 4.35. The van der Waals surface area contributed by atoms with E-state index in [0.717, 1.165) is 31.9 Å². The second kappa shape index (κ2) is 3.86. The van der Waals surface area contributed by atoms with E-state index in [1.165, 1.54) is 0 Å². The highest BCUT2D eigenvalue weighted by Gasteiger charge is 2.33. The third-order valence-corrected chi connectivity index (χ3v) is 2.98. The molecular formula is C9H17N5O. The fourth-order valence-electron chi connectivity index (χ4n) is 1.89. The largest absolute Gasteiger partial charge is 0.381 e. The first-order valence-electron chi connectivity index (χ1n) is 5.25. The van der Waals surface area contributed by atoms with E-state index in [2.05, 4.69) is 22.4 Å². The van der Waals surface area contributed by atoms with Gasteiger partial charge in [0, 0.05) is 13.2 Å². The fourth-order valence-corrected chi connectivity index (χ4v) is 1.89. The van der Waals surface area contributed by atoms with Crippen LogP contribution in [0.3, 0.4) is 0 Å². The Morgan fingerprint density at radius 3 is 2.73 bits per heavy atom. The fraction of sp³-hybridized carbons (Fsp3) is 0.889. The van der Waals surface area contributed by atoms with Crippen molar-refractivity contribution in [3.8, 4) is 0 Å². The molecular weight excluding hydrogens is 194 g/mol. The molecule has 2 rings (SSSR count). The number of nitrogens with zero attached hydrogens (tertiary/aromatic N) is 4. The summed E-state index contributed by atoms with van der Waals surface area (Å²) in [5.74, 6) is 0.749. The minimum absolute atomic E-state index is 0.0509. The highest BCUT2D eigenvalue weighted by atomic mass is 16.5. The van der Waals surface area contributed by atoms with Gasteiger partial charge in [-0.3, -0.25) is 0 Å².